The highest BCUT2D eigenvalue weighted by molar-refractivity contribution is 5.84. The van der Waals surface area contributed by atoms with Crippen LogP contribution in [0.25, 0.3) is 0 Å². The second kappa shape index (κ2) is 9.21. The van der Waals surface area contributed by atoms with Crippen molar-refractivity contribution in [2.24, 2.45) is 0 Å². The van der Waals surface area contributed by atoms with Crippen LogP contribution in [0.3, 0.4) is 0 Å². The summed E-state index contributed by atoms with van der Waals surface area (Å²) >= 11 is 0. The van der Waals surface area contributed by atoms with Gasteiger partial charge in [0.2, 0.25) is 11.8 Å². The molecule has 1 fully saturated rings. The van der Waals surface area contributed by atoms with Crippen LogP contribution < -0.4 is 9.64 Å². The van der Waals surface area contributed by atoms with Crippen LogP contribution in [-0.4, -0.2) is 66.4 Å². The molecule has 0 saturated carbocycles. The third-order valence-corrected chi connectivity index (χ3v) is 4.93. The molecule has 1 aromatic heterocycles. The zero-order chi connectivity index (χ0) is 19.9. The average molecular weight is 382 g/mol. The lowest BCUT2D eigenvalue weighted by Crippen LogP contribution is -2.51. The molecular formula is C21H26N4O3. The molecule has 7 nitrogen and oxygen atoms in total. The Hall–Kier alpha value is -3.09. The van der Waals surface area contributed by atoms with Crippen LogP contribution in [-0.2, 0) is 16.1 Å². The normalized spacial score (nSPS) is 13.9. The Kier molecular flexibility index (Phi) is 6.47. The number of hydrogen-bond donors (Lipinski definition) is 0. The van der Waals surface area contributed by atoms with E-state index in [-0.39, 0.29) is 18.4 Å². The topological polar surface area (TPSA) is 66.0 Å². The largest absolute Gasteiger partial charge is 0.496 e. The Labute approximate surface area is 165 Å². The van der Waals surface area contributed by atoms with Crippen LogP contribution in [0.4, 0.5) is 5.82 Å². The van der Waals surface area contributed by atoms with E-state index >= 15 is 0 Å². The number of pyridine rings is 1. The van der Waals surface area contributed by atoms with Crippen LogP contribution in [0.1, 0.15) is 12.5 Å². The van der Waals surface area contributed by atoms with Gasteiger partial charge in [-0.25, -0.2) is 4.98 Å². The molecule has 0 bridgehead atoms. The summed E-state index contributed by atoms with van der Waals surface area (Å²) in [6.45, 7) is 4.61. The quantitative estimate of drug-likeness (QED) is 0.762. The Morgan fingerprint density at radius 1 is 1.07 bits per heavy atom. The van der Waals surface area contributed by atoms with E-state index in [4.69, 9.17) is 4.74 Å². The van der Waals surface area contributed by atoms with Gasteiger partial charge in [-0.1, -0.05) is 24.3 Å². The number of aromatic nitrogens is 1. The molecule has 0 N–H and O–H groups in total. The van der Waals surface area contributed by atoms with Gasteiger partial charge in [0.05, 0.1) is 7.11 Å². The summed E-state index contributed by atoms with van der Waals surface area (Å²) in [5.41, 5.74) is 0.882. The van der Waals surface area contributed by atoms with Gasteiger partial charge in [-0.05, 0) is 18.2 Å². The van der Waals surface area contributed by atoms with E-state index in [2.05, 4.69) is 9.88 Å². The van der Waals surface area contributed by atoms with E-state index in [0.29, 0.717) is 25.4 Å². The minimum absolute atomic E-state index is 0.0363. The number of ether oxygens (including phenoxy) is 1. The molecule has 3 rings (SSSR count). The second-order valence-electron chi connectivity index (χ2n) is 6.74. The summed E-state index contributed by atoms with van der Waals surface area (Å²) in [6, 6.07) is 13.4. The zero-order valence-corrected chi connectivity index (χ0v) is 16.4. The van der Waals surface area contributed by atoms with E-state index in [1.807, 2.05) is 47.4 Å². The number of carbonyl (C=O) groups excluding carboxylic acids is 2. The highest BCUT2D eigenvalue weighted by Gasteiger charge is 2.24. The number of hydrogen-bond acceptors (Lipinski definition) is 5. The third kappa shape index (κ3) is 4.79. The van der Waals surface area contributed by atoms with E-state index < -0.39 is 0 Å². The Morgan fingerprint density at radius 3 is 2.43 bits per heavy atom. The van der Waals surface area contributed by atoms with Gasteiger partial charge >= 0.3 is 0 Å². The predicted molar refractivity (Wildman–Crippen MR) is 107 cm³/mol. The molecule has 2 heterocycles. The fourth-order valence-corrected chi connectivity index (χ4v) is 3.31. The van der Waals surface area contributed by atoms with Crippen LogP contribution in [0.2, 0.25) is 0 Å². The molecule has 7 heteroatoms. The number of para-hydroxylation sites is 1. The van der Waals surface area contributed by atoms with Gasteiger partial charge in [-0.15, -0.1) is 0 Å². The molecule has 1 saturated heterocycles. The van der Waals surface area contributed by atoms with Crippen molar-refractivity contribution < 1.29 is 14.3 Å². The summed E-state index contributed by atoms with van der Waals surface area (Å²) in [6.07, 6.45) is 1.77. The molecule has 1 aliphatic rings. The van der Waals surface area contributed by atoms with Gasteiger partial charge in [0.25, 0.3) is 0 Å². The maximum absolute atomic E-state index is 12.8. The van der Waals surface area contributed by atoms with Gasteiger partial charge < -0.3 is 19.4 Å². The Balaban J connectivity index is 1.58. The molecule has 0 atom stereocenters. The van der Waals surface area contributed by atoms with E-state index in [1.165, 1.54) is 6.92 Å². The van der Waals surface area contributed by atoms with Gasteiger partial charge in [0.15, 0.2) is 0 Å². The van der Waals surface area contributed by atoms with Crippen LogP contribution in [0, 0.1) is 0 Å². The lowest BCUT2D eigenvalue weighted by Gasteiger charge is -2.36. The van der Waals surface area contributed by atoms with Crippen molar-refractivity contribution in [3.05, 3.63) is 54.2 Å². The van der Waals surface area contributed by atoms with Crippen molar-refractivity contribution in [2.75, 3.05) is 44.7 Å². The molecule has 1 aliphatic heterocycles. The molecule has 0 unspecified atom stereocenters. The smallest absolute Gasteiger partial charge is 0.242 e. The molecule has 148 valence electrons. The molecule has 2 amide bonds. The number of carbonyl (C=O) groups is 2. The number of benzene rings is 1. The summed E-state index contributed by atoms with van der Waals surface area (Å²) in [4.78, 5) is 34.8. The fraction of sp³-hybridized carbons (Fsp3) is 0.381. The monoisotopic (exact) mass is 382 g/mol. The number of piperazine rings is 1. The first kappa shape index (κ1) is 19.7. The summed E-state index contributed by atoms with van der Waals surface area (Å²) in [5.74, 6) is 1.47. The molecule has 0 aliphatic carbocycles. The summed E-state index contributed by atoms with van der Waals surface area (Å²) < 4.78 is 5.36. The summed E-state index contributed by atoms with van der Waals surface area (Å²) in [7, 11) is 1.60. The van der Waals surface area contributed by atoms with Crippen molar-refractivity contribution in [1.29, 1.82) is 0 Å². The van der Waals surface area contributed by atoms with Crippen LogP contribution in [0.5, 0.6) is 5.75 Å². The number of anilines is 1. The van der Waals surface area contributed by atoms with Crippen molar-refractivity contribution in [3.8, 4) is 5.75 Å². The lowest BCUT2D eigenvalue weighted by atomic mass is 10.2. The Bertz CT molecular complexity index is 804. The second-order valence-corrected chi connectivity index (χ2v) is 6.74. The average Bonchev–Trinajstić information content (AvgIpc) is 2.74. The van der Waals surface area contributed by atoms with Crippen molar-refractivity contribution in [1.82, 2.24) is 14.8 Å². The van der Waals surface area contributed by atoms with Gasteiger partial charge in [-0.3, -0.25) is 9.59 Å². The standard InChI is InChI=1S/C21H26N4O3/c1-17(26)25(15-18-7-3-4-8-19(18)28-2)16-21(27)24-13-11-23(12-14-24)20-9-5-6-10-22-20/h3-10H,11-16H2,1-2H3. The van der Waals surface area contributed by atoms with E-state index in [1.54, 1.807) is 18.2 Å². The van der Waals surface area contributed by atoms with Crippen molar-refractivity contribution in [3.63, 3.8) is 0 Å². The van der Waals surface area contributed by atoms with Gasteiger partial charge in [0, 0.05) is 51.4 Å². The van der Waals surface area contributed by atoms with Gasteiger partial charge in [-0.2, -0.15) is 0 Å². The Morgan fingerprint density at radius 2 is 1.79 bits per heavy atom. The van der Waals surface area contributed by atoms with E-state index in [9.17, 15) is 9.59 Å². The minimum atomic E-state index is -0.133. The van der Waals surface area contributed by atoms with Gasteiger partial charge in [0.1, 0.15) is 18.1 Å². The van der Waals surface area contributed by atoms with E-state index in [0.717, 1.165) is 24.5 Å². The SMILES string of the molecule is COc1ccccc1CN(CC(=O)N1CCN(c2ccccn2)CC1)C(C)=O. The molecule has 0 spiro atoms. The van der Waals surface area contributed by atoms with Crippen LogP contribution >= 0.6 is 0 Å². The molecule has 28 heavy (non-hydrogen) atoms. The number of nitrogens with zero attached hydrogens (tertiary/aromatic N) is 4. The number of methoxy groups -OCH3 is 1. The fourth-order valence-electron chi connectivity index (χ4n) is 3.31. The maximum Gasteiger partial charge on any atom is 0.242 e. The van der Waals surface area contributed by atoms with Crippen molar-refractivity contribution in [2.45, 2.75) is 13.5 Å². The summed E-state index contributed by atoms with van der Waals surface area (Å²) in [5, 5.41) is 0. The first-order valence-corrected chi connectivity index (χ1v) is 9.39. The highest BCUT2D eigenvalue weighted by Crippen LogP contribution is 2.19. The molecule has 1 aromatic carbocycles. The minimum Gasteiger partial charge on any atom is -0.496 e. The first-order valence-electron chi connectivity index (χ1n) is 9.39. The van der Waals surface area contributed by atoms with Crippen LogP contribution in [0.15, 0.2) is 48.7 Å². The number of rotatable bonds is 6. The lowest BCUT2D eigenvalue weighted by molar-refractivity contribution is -0.140. The van der Waals surface area contributed by atoms with Crippen molar-refractivity contribution >= 4 is 17.6 Å². The third-order valence-electron chi connectivity index (χ3n) is 4.93. The molecule has 2 aromatic rings. The molecule has 0 radical (unpaired) electrons. The number of amides is 2. The molecular weight excluding hydrogens is 356 g/mol. The zero-order valence-electron chi connectivity index (χ0n) is 16.4. The maximum atomic E-state index is 12.8. The highest BCUT2D eigenvalue weighted by atomic mass is 16.5. The first-order chi connectivity index (χ1) is 13.6. The predicted octanol–water partition coefficient (Wildman–Crippen LogP) is 1.79.